The molecule has 2 aromatic heterocycles. The number of methoxy groups -OCH3 is 1. The Labute approximate surface area is 126 Å². The van der Waals surface area contributed by atoms with Crippen molar-refractivity contribution in [1.82, 2.24) is 25.2 Å². The van der Waals surface area contributed by atoms with Crippen LogP contribution in [0.15, 0.2) is 30.5 Å². The Kier molecular flexibility index (Phi) is 3.65. The Bertz CT molecular complexity index is 829. The summed E-state index contributed by atoms with van der Waals surface area (Å²) in [5.41, 5.74) is 1.95. The molecule has 2 heterocycles. The summed E-state index contributed by atoms with van der Waals surface area (Å²) in [6.07, 6.45) is 1.70. The molecule has 22 heavy (non-hydrogen) atoms. The van der Waals surface area contributed by atoms with Gasteiger partial charge in [-0.3, -0.25) is 4.98 Å². The summed E-state index contributed by atoms with van der Waals surface area (Å²) in [5, 5.41) is 15.3. The van der Waals surface area contributed by atoms with Gasteiger partial charge in [0.25, 0.3) is 0 Å². The Morgan fingerprint density at radius 1 is 1.41 bits per heavy atom. The molecule has 1 N–H and O–H groups in total. The second-order valence-corrected chi connectivity index (χ2v) is 4.66. The molecule has 0 aliphatic heterocycles. The number of hydrogen-bond acceptors (Lipinski definition) is 7. The molecule has 0 fully saturated rings. The Morgan fingerprint density at radius 3 is 3.00 bits per heavy atom. The lowest BCUT2D eigenvalue weighted by atomic mass is 10.1. The first-order valence-corrected chi connectivity index (χ1v) is 6.61. The van der Waals surface area contributed by atoms with Crippen molar-refractivity contribution in [3.8, 4) is 0 Å². The Balaban J connectivity index is 1.99. The van der Waals surface area contributed by atoms with Crippen LogP contribution in [0, 0.1) is 0 Å². The molecule has 0 bridgehead atoms. The molecule has 0 atom stereocenters. The van der Waals surface area contributed by atoms with Gasteiger partial charge in [-0.05, 0) is 28.6 Å². The largest absolute Gasteiger partial charge is 0.465 e. The number of nitrogens with one attached hydrogen (secondary N) is 1. The molecular weight excluding hydrogens is 284 g/mol. The lowest BCUT2D eigenvalue weighted by Gasteiger charge is -2.10. The molecule has 8 nitrogen and oxygen atoms in total. The number of hydrogen-bond donors (Lipinski definition) is 1. The summed E-state index contributed by atoms with van der Waals surface area (Å²) in [6.45, 7) is 0.416. The number of aromatic nitrogens is 5. The second-order valence-electron chi connectivity index (χ2n) is 4.66. The fourth-order valence-electron chi connectivity index (χ4n) is 2.13. The van der Waals surface area contributed by atoms with Crippen LogP contribution in [0.1, 0.15) is 16.2 Å². The fourth-order valence-corrected chi connectivity index (χ4v) is 2.13. The average molecular weight is 298 g/mol. The number of carbonyl (C=O) groups is 1. The number of rotatable bonds is 4. The van der Waals surface area contributed by atoms with Crippen molar-refractivity contribution < 1.29 is 9.53 Å². The first-order chi connectivity index (χ1) is 10.7. The normalized spacial score (nSPS) is 10.6. The number of ether oxygens (including phenoxy) is 1. The van der Waals surface area contributed by atoms with Crippen molar-refractivity contribution in [1.29, 1.82) is 0 Å². The molecule has 3 aromatic rings. The van der Waals surface area contributed by atoms with Gasteiger partial charge in [0.15, 0.2) is 5.82 Å². The maximum Gasteiger partial charge on any atom is 0.337 e. The van der Waals surface area contributed by atoms with Gasteiger partial charge in [-0.2, -0.15) is 0 Å². The molecule has 1 aromatic carbocycles. The summed E-state index contributed by atoms with van der Waals surface area (Å²) < 4.78 is 6.36. The fraction of sp³-hybridized carbons (Fsp3) is 0.214. The van der Waals surface area contributed by atoms with Crippen molar-refractivity contribution in [2.24, 2.45) is 7.05 Å². The van der Waals surface area contributed by atoms with Gasteiger partial charge >= 0.3 is 5.97 Å². The predicted molar refractivity (Wildman–Crippen MR) is 79.2 cm³/mol. The van der Waals surface area contributed by atoms with Gasteiger partial charge in [-0.25, -0.2) is 9.48 Å². The van der Waals surface area contributed by atoms with Crippen molar-refractivity contribution in [2.45, 2.75) is 6.54 Å². The van der Waals surface area contributed by atoms with E-state index >= 15 is 0 Å². The summed E-state index contributed by atoms with van der Waals surface area (Å²) in [4.78, 5) is 16.1. The predicted octanol–water partition coefficient (Wildman–Crippen LogP) is 1.16. The standard InChI is InChI=1S/C14H14N6O2/c1-20-12(17-18-19-20)8-16-11-7-10(14(21)22-2)6-9-4-3-5-15-13(9)11/h3-7,16H,8H2,1-2H3. The lowest BCUT2D eigenvalue weighted by Crippen LogP contribution is -2.09. The molecule has 112 valence electrons. The number of anilines is 1. The first-order valence-electron chi connectivity index (χ1n) is 6.61. The number of aryl methyl sites for hydroxylation is 1. The van der Waals surface area contributed by atoms with Crippen LogP contribution in [0.25, 0.3) is 10.9 Å². The highest BCUT2D eigenvalue weighted by Crippen LogP contribution is 2.24. The zero-order valence-electron chi connectivity index (χ0n) is 12.1. The van der Waals surface area contributed by atoms with Crippen LogP contribution in [0.4, 0.5) is 5.69 Å². The number of pyridine rings is 1. The molecule has 3 rings (SSSR count). The van der Waals surface area contributed by atoms with Crippen molar-refractivity contribution >= 4 is 22.6 Å². The minimum atomic E-state index is -0.394. The first kappa shape index (κ1) is 13.9. The van der Waals surface area contributed by atoms with Crippen molar-refractivity contribution in [2.75, 3.05) is 12.4 Å². The average Bonchev–Trinajstić information content (AvgIpc) is 2.96. The van der Waals surface area contributed by atoms with Crippen LogP contribution in [0.2, 0.25) is 0 Å². The molecule has 0 aliphatic rings. The van der Waals surface area contributed by atoms with Gasteiger partial charge in [-0.1, -0.05) is 6.07 Å². The third kappa shape index (κ3) is 2.58. The smallest absolute Gasteiger partial charge is 0.337 e. The molecule has 0 saturated carbocycles. The van der Waals surface area contributed by atoms with E-state index in [-0.39, 0.29) is 0 Å². The van der Waals surface area contributed by atoms with E-state index in [1.165, 1.54) is 7.11 Å². The molecule has 0 amide bonds. The highest BCUT2D eigenvalue weighted by atomic mass is 16.5. The van der Waals surface area contributed by atoms with E-state index in [0.29, 0.717) is 17.9 Å². The second kappa shape index (κ2) is 5.76. The maximum absolute atomic E-state index is 11.8. The number of nitrogens with zero attached hydrogens (tertiary/aromatic N) is 5. The SMILES string of the molecule is COC(=O)c1cc(NCc2nnnn2C)c2ncccc2c1. The maximum atomic E-state index is 11.8. The third-order valence-corrected chi connectivity index (χ3v) is 3.27. The van der Waals surface area contributed by atoms with E-state index in [1.54, 1.807) is 30.1 Å². The third-order valence-electron chi connectivity index (χ3n) is 3.27. The number of carbonyl (C=O) groups excluding carboxylic acids is 1. The quantitative estimate of drug-likeness (QED) is 0.722. The molecule has 0 saturated heterocycles. The molecule has 0 aliphatic carbocycles. The van der Waals surface area contributed by atoms with E-state index in [4.69, 9.17) is 4.74 Å². The Hall–Kier alpha value is -3.03. The number of fused-ring (bicyclic) bond motifs is 1. The number of tetrazole rings is 1. The van der Waals surface area contributed by atoms with Crippen LogP contribution in [0.3, 0.4) is 0 Å². The van der Waals surface area contributed by atoms with Crippen molar-refractivity contribution in [3.63, 3.8) is 0 Å². The zero-order valence-corrected chi connectivity index (χ0v) is 12.1. The van der Waals surface area contributed by atoms with E-state index < -0.39 is 5.97 Å². The summed E-state index contributed by atoms with van der Waals surface area (Å²) in [7, 11) is 3.12. The van der Waals surface area contributed by atoms with Gasteiger partial charge in [0.05, 0.1) is 30.4 Å². The molecule has 0 unspecified atom stereocenters. The van der Waals surface area contributed by atoms with Crippen LogP contribution < -0.4 is 5.32 Å². The monoisotopic (exact) mass is 298 g/mol. The summed E-state index contributed by atoms with van der Waals surface area (Å²) in [5.74, 6) is 0.279. The van der Waals surface area contributed by atoms with Crippen molar-refractivity contribution in [3.05, 3.63) is 41.9 Å². The molecular formula is C14H14N6O2. The van der Waals surface area contributed by atoms with E-state index in [9.17, 15) is 4.79 Å². The summed E-state index contributed by atoms with van der Waals surface area (Å²) in [6, 6.07) is 7.18. The van der Waals surface area contributed by atoms with Crippen LogP contribution in [-0.2, 0) is 18.3 Å². The highest BCUT2D eigenvalue weighted by molar-refractivity contribution is 5.99. The zero-order chi connectivity index (χ0) is 15.5. The van der Waals surface area contributed by atoms with E-state index in [0.717, 1.165) is 16.6 Å². The van der Waals surface area contributed by atoms with Gasteiger partial charge < -0.3 is 10.1 Å². The highest BCUT2D eigenvalue weighted by Gasteiger charge is 2.12. The minimum Gasteiger partial charge on any atom is -0.465 e. The van der Waals surface area contributed by atoms with Gasteiger partial charge in [0.1, 0.15) is 0 Å². The van der Waals surface area contributed by atoms with Gasteiger partial charge in [-0.15, -0.1) is 5.10 Å². The van der Waals surface area contributed by atoms with E-state index in [1.807, 2.05) is 12.1 Å². The topological polar surface area (TPSA) is 94.8 Å². The Morgan fingerprint density at radius 2 is 2.27 bits per heavy atom. The minimum absolute atomic E-state index is 0.394. The van der Waals surface area contributed by atoms with Gasteiger partial charge in [0.2, 0.25) is 0 Å². The molecule has 8 heteroatoms. The molecule has 0 radical (unpaired) electrons. The number of esters is 1. The van der Waals surface area contributed by atoms with E-state index in [2.05, 4.69) is 25.8 Å². The van der Waals surface area contributed by atoms with Crippen LogP contribution in [0.5, 0.6) is 0 Å². The number of benzene rings is 1. The van der Waals surface area contributed by atoms with Gasteiger partial charge in [0, 0.05) is 18.6 Å². The van der Waals surface area contributed by atoms with Crippen LogP contribution >= 0.6 is 0 Å². The lowest BCUT2D eigenvalue weighted by molar-refractivity contribution is 0.0601. The van der Waals surface area contributed by atoms with Crippen LogP contribution in [-0.4, -0.2) is 38.3 Å². The summed E-state index contributed by atoms with van der Waals surface area (Å²) >= 11 is 0. The molecule has 0 spiro atoms.